The second-order valence-corrected chi connectivity index (χ2v) is 8.89. The molecular weight excluding hydrogens is 424 g/mol. The molecule has 1 saturated heterocycles. The highest BCUT2D eigenvalue weighted by atomic mass is 32.1. The van der Waals surface area contributed by atoms with E-state index in [0.717, 1.165) is 49.4 Å². The first kappa shape index (κ1) is 22.1. The van der Waals surface area contributed by atoms with Gasteiger partial charge in [0.15, 0.2) is 5.13 Å². The molecule has 2 aromatic carbocycles. The van der Waals surface area contributed by atoms with Crippen LogP contribution in [0.3, 0.4) is 0 Å². The summed E-state index contributed by atoms with van der Waals surface area (Å²) < 4.78 is 6.01. The van der Waals surface area contributed by atoms with Crippen LogP contribution >= 0.6 is 11.3 Å². The molecule has 5 N–H and O–H groups in total. The number of benzene rings is 2. The van der Waals surface area contributed by atoms with Crippen LogP contribution in [-0.4, -0.2) is 35.1 Å². The van der Waals surface area contributed by atoms with Crippen LogP contribution in [0, 0.1) is 0 Å². The zero-order valence-corrected chi connectivity index (χ0v) is 18.9. The maximum Gasteiger partial charge on any atom is 0.206 e. The minimum atomic E-state index is -0.199. The highest BCUT2D eigenvalue weighted by Gasteiger charge is 2.19. The van der Waals surface area contributed by atoms with Crippen molar-refractivity contribution in [1.29, 1.82) is 0 Å². The molecule has 1 atom stereocenters. The highest BCUT2D eigenvalue weighted by molar-refractivity contribution is 7.18. The lowest BCUT2D eigenvalue weighted by Gasteiger charge is -2.24. The molecule has 2 heterocycles. The number of hydrogen-bond acceptors (Lipinski definition) is 8. The quantitative estimate of drug-likeness (QED) is 0.373. The van der Waals surface area contributed by atoms with Crippen molar-refractivity contribution in [2.75, 3.05) is 24.1 Å². The van der Waals surface area contributed by atoms with Gasteiger partial charge in [-0.1, -0.05) is 24.7 Å². The number of nitrogens with one attached hydrogen (secondary N) is 2. The summed E-state index contributed by atoms with van der Waals surface area (Å²) >= 11 is 1.21. The van der Waals surface area contributed by atoms with Crippen molar-refractivity contribution in [3.05, 3.63) is 58.5 Å². The van der Waals surface area contributed by atoms with Crippen molar-refractivity contribution in [3.63, 3.8) is 0 Å². The molecule has 1 fully saturated rings. The van der Waals surface area contributed by atoms with Gasteiger partial charge < -0.3 is 26.2 Å². The lowest BCUT2D eigenvalue weighted by Crippen LogP contribution is -2.37. The molecule has 4 rings (SSSR count). The van der Waals surface area contributed by atoms with Gasteiger partial charge in [0.25, 0.3) is 0 Å². The number of carbonyl (C=O) groups is 1. The van der Waals surface area contributed by atoms with Crippen LogP contribution < -0.4 is 21.1 Å². The third kappa shape index (κ3) is 5.20. The van der Waals surface area contributed by atoms with Crippen molar-refractivity contribution < 1.29 is 14.6 Å². The summed E-state index contributed by atoms with van der Waals surface area (Å²) in [7, 11) is 0. The monoisotopic (exact) mass is 452 g/mol. The summed E-state index contributed by atoms with van der Waals surface area (Å²) in [6.45, 7) is 3.95. The van der Waals surface area contributed by atoms with Crippen LogP contribution in [0.4, 0.5) is 16.6 Å². The molecule has 0 saturated carbocycles. The molecule has 1 aromatic heterocycles. The Morgan fingerprint density at radius 2 is 2.12 bits per heavy atom. The largest absolute Gasteiger partial charge is 0.508 e. The van der Waals surface area contributed by atoms with E-state index >= 15 is 0 Å². The van der Waals surface area contributed by atoms with Crippen LogP contribution in [0.1, 0.15) is 47.0 Å². The minimum absolute atomic E-state index is 0.192. The van der Waals surface area contributed by atoms with Crippen LogP contribution in [0.15, 0.2) is 42.5 Å². The third-order valence-corrected chi connectivity index (χ3v) is 6.37. The Morgan fingerprint density at radius 1 is 1.31 bits per heavy atom. The predicted molar refractivity (Wildman–Crippen MR) is 128 cm³/mol. The summed E-state index contributed by atoms with van der Waals surface area (Å²) in [5.74, 6) is 1.02. The molecule has 1 aliphatic rings. The molecule has 8 heteroatoms. The number of thiazole rings is 1. The third-order valence-electron chi connectivity index (χ3n) is 5.38. The molecule has 0 amide bonds. The van der Waals surface area contributed by atoms with Gasteiger partial charge in [-0.2, -0.15) is 0 Å². The van der Waals surface area contributed by atoms with Crippen molar-refractivity contribution in [2.24, 2.45) is 0 Å². The normalized spacial score (nSPS) is 16.0. The average molecular weight is 453 g/mol. The van der Waals surface area contributed by atoms with E-state index in [4.69, 9.17) is 10.5 Å². The van der Waals surface area contributed by atoms with E-state index in [-0.39, 0.29) is 23.5 Å². The number of nitrogens with zero attached hydrogens (tertiary/aromatic N) is 1. The Labute approximate surface area is 191 Å². The van der Waals surface area contributed by atoms with E-state index in [0.29, 0.717) is 22.0 Å². The van der Waals surface area contributed by atoms with Gasteiger partial charge in [0.1, 0.15) is 28.3 Å². The van der Waals surface area contributed by atoms with Crippen LogP contribution in [-0.2, 0) is 6.42 Å². The van der Waals surface area contributed by atoms with Gasteiger partial charge in [-0.15, -0.1) is 0 Å². The van der Waals surface area contributed by atoms with Gasteiger partial charge in [0.05, 0.1) is 0 Å². The number of anilines is 3. The number of piperidine rings is 1. The van der Waals surface area contributed by atoms with E-state index in [1.165, 1.54) is 11.3 Å². The Balaban J connectivity index is 1.44. The van der Waals surface area contributed by atoms with E-state index in [1.807, 2.05) is 31.2 Å². The van der Waals surface area contributed by atoms with Gasteiger partial charge in [-0.3, -0.25) is 4.79 Å². The lowest BCUT2D eigenvalue weighted by atomic mass is 10.0. The minimum Gasteiger partial charge on any atom is -0.508 e. The number of carbonyl (C=O) groups excluding carboxylic acids is 1. The fourth-order valence-electron chi connectivity index (χ4n) is 3.73. The molecular formula is C24H28N4O3S. The van der Waals surface area contributed by atoms with Gasteiger partial charge in [0, 0.05) is 17.8 Å². The first-order chi connectivity index (χ1) is 15.5. The highest BCUT2D eigenvalue weighted by Crippen LogP contribution is 2.31. The standard InChI is InChI=1S/C24H28N4O3S/c1-2-4-15-13-16(6-11-20(15)29)21(30)22-23(25)28-24(32-22)27-17-7-9-18(10-8-17)31-19-5-3-12-26-14-19/h6-11,13,19,26,29H,2-5,12,14,25H2,1H3,(H,27,28). The van der Waals surface area contributed by atoms with E-state index in [9.17, 15) is 9.90 Å². The van der Waals surface area contributed by atoms with Gasteiger partial charge >= 0.3 is 0 Å². The summed E-state index contributed by atoms with van der Waals surface area (Å²) in [6, 6.07) is 12.6. The molecule has 1 unspecified atom stereocenters. The van der Waals surface area contributed by atoms with E-state index in [1.54, 1.807) is 18.2 Å². The molecule has 7 nitrogen and oxygen atoms in total. The number of aryl methyl sites for hydroxylation is 1. The van der Waals surface area contributed by atoms with Crippen LogP contribution in [0.25, 0.3) is 0 Å². The Bertz CT molecular complexity index is 1080. The number of ketones is 1. The second-order valence-electron chi connectivity index (χ2n) is 7.89. The Morgan fingerprint density at radius 3 is 2.84 bits per heavy atom. The number of hydrogen-bond donors (Lipinski definition) is 4. The van der Waals surface area contributed by atoms with Crippen LogP contribution in [0.2, 0.25) is 0 Å². The first-order valence-corrected chi connectivity index (χ1v) is 11.7. The molecule has 168 valence electrons. The number of nitrogen functional groups attached to an aromatic ring is 1. The van der Waals surface area contributed by atoms with E-state index < -0.39 is 0 Å². The maximum absolute atomic E-state index is 13.0. The molecule has 0 radical (unpaired) electrons. The fourth-order valence-corrected chi connectivity index (χ4v) is 4.60. The number of rotatable bonds is 8. The SMILES string of the molecule is CCCc1cc(C(=O)c2sc(Nc3ccc(OC4CCCNC4)cc3)nc2N)ccc1O. The predicted octanol–water partition coefficient (Wildman–Crippen LogP) is 4.49. The van der Waals surface area contributed by atoms with Crippen molar-refractivity contribution in [3.8, 4) is 11.5 Å². The zero-order chi connectivity index (χ0) is 22.5. The van der Waals surface area contributed by atoms with E-state index in [2.05, 4.69) is 15.6 Å². The molecule has 0 aliphatic carbocycles. The fraction of sp³-hybridized carbons (Fsp3) is 0.333. The molecule has 1 aliphatic heterocycles. The first-order valence-electron chi connectivity index (χ1n) is 10.9. The average Bonchev–Trinajstić information content (AvgIpc) is 3.17. The van der Waals surface area contributed by atoms with Gasteiger partial charge in [-0.25, -0.2) is 4.98 Å². The lowest BCUT2D eigenvalue weighted by molar-refractivity contribution is 0.104. The van der Waals surface area contributed by atoms with Crippen molar-refractivity contribution in [2.45, 2.75) is 38.7 Å². The maximum atomic E-state index is 13.0. The molecule has 32 heavy (non-hydrogen) atoms. The molecule has 0 spiro atoms. The van der Waals surface area contributed by atoms with Crippen molar-refractivity contribution in [1.82, 2.24) is 10.3 Å². The van der Waals surface area contributed by atoms with Gasteiger partial charge in [-0.05, 0) is 73.8 Å². The Hall–Kier alpha value is -3.10. The van der Waals surface area contributed by atoms with Crippen LogP contribution in [0.5, 0.6) is 11.5 Å². The smallest absolute Gasteiger partial charge is 0.206 e. The summed E-state index contributed by atoms with van der Waals surface area (Å²) in [6.07, 6.45) is 3.97. The summed E-state index contributed by atoms with van der Waals surface area (Å²) in [5, 5.41) is 17.1. The van der Waals surface area contributed by atoms with Gasteiger partial charge in [0.2, 0.25) is 5.78 Å². The summed E-state index contributed by atoms with van der Waals surface area (Å²) in [5.41, 5.74) is 8.13. The zero-order valence-electron chi connectivity index (χ0n) is 18.1. The number of aromatic hydroxyl groups is 1. The molecule has 0 bridgehead atoms. The number of nitrogens with two attached hydrogens (primary N) is 1. The molecule has 3 aromatic rings. The Kier molecular flexibility index (Phi) is 6.92. The topological polar surface area (TPSA) is 110 Å². The number of phenols is 1. The number of phenolic OH excluding ortho intramolecular Hbond substituents is 1. The number of aromatic nitrogens is 1. The second kappa shape index (κ2) is 10.0. The summed E-state index contributed by atoms with van der Waals surface area (Å²) in [4.78, 5) is 17.7. The van der Waals surface area contributed by atoms with Crippen molar-refractivity contribution >= 4 is 33.8 Å². The number of ether oxygens (including phenoxy) is 1.